The fourth-order valence-corrected chi connectivity index (χ4v) is 1.03. The van der Waals surface area contributed by atoms with Crippen LogP contribution in [0.2, 0.25) is 0 Å². The first-order chi connectivity index (χ1) is 6.75. The van der Waals surface area contributed by atoms with Gasteiger partial charge in [0.1, 0.15) is 0 Å². The topological polar surface area (TPSA) is 76.8 Å². The van der Waals surface area contributed by atoms with E-state index in [1.807, 2.05) is 6.92 Å². The van der Waals surface area contributed by atoms with Crippen LogP contribution in [0.25, 0.3) is 0 Å². The Balaban J connectivity index is 2.23. The molecule has 0 saturated heterocycles. The lowest BCUT2D eigenvalue weighted by atomic mass is 10.4. The van der Waals surface area contributed by atoms with Crippen LogP contribution in [0.3, 0.4) is 0 Å². The van der Waals surface area contributed by atoms with Crippen LogP contribution in [0.1, 0.15) is 5.69 Å². The average molecular weight is 190 g/mol. The zero-order valence-electron chi connectivity index (χ0n) is 7.69. The van der Waals surface area contributed by atoms with E-state index < -0.39 is 0 Å². The summed E-state index contributed by atoms with van der Waals surface area (Å²) in [5.74, 6) is 0.840. The first-order valence-electron chi connectivity index (χ1n) is 4.16. The number of hydrogen-bond acceptors (Lipinski definition) is 4. The number of nitrogen functional groups attached to an aromatic ring is 1. The van der Waals surface area contributed by atoms with E-state index in [4.69, 9.17) is 10.5 Å². The molecule has 2 heterocycles. The summed E-state index contributed by atoms with van der Waals surface area (Å²) in [6, 6.07) is 5.24. The zero-order chi connectivity index (χ0) is 9.97. The van der Waals surface area contributed by atoms with E-state index in [1.165, 1.54) is 0 Å². The van der Waals surface area contributed by atoms with Gasteiger partial charge in [-0.25, -0.2) is 4.98 Å². The van der Waals surface area contributed by atoms with Crippen molar-refractivity contribution in [1.82, 2.24) is 15.2 Å². The number of rotatable bonds is 2. The molecule has 0 atom stereocenters. The Morgan fingerprint density at radius 1 is 1.50 bits per heavy atom. The van der Waals surface area contributed by atoms with Crippen molar-refractivity contribution in [3.05, 3.63) is 30.1 Å². The Kier molecular flexibility index (Phi) is 2.06. The van der Waals surface area contributed by atoms with Gasteiger partial charge in [-0.2, -0.15) is 0 Å². The molecule has 0 aliphatic heterocycles. The van der Waals surface area contributed by atoms with E-state index >= 15 is 0 Å². The molecule has 14 heavy (non-hydrogen) atoms. The van der Waals surface area contributed by atoms with Gasteiger partial charge in [0.2, 0.25) is 11.8 Å². The Morgan fingerprint density at radius 2 is 2.36 bits per heavy atom. The molecule has 0 amide bonds. The van der Waals surface area contributed by atoms with E-state index in [9.17, 15) is 0 Å². The molecule has 0 aliphatic carbocycles. The molecule has 0 spiro atoms. The molecule has 5 nitrogen and oxygen atoms in total. The maximum absolute atomic E-state index is 5.65. The summed E-state index contributed by atoms with van der Waals surface area (Å²) in [4.78, 5) is 3.98. The van der Waals surface area contributed by atoms with Gasteiger partial charge in [-0.1, -0.05) is 0 Å². The maximum Gasteiger partial charge on any atom is 0.244 e. The Hall–Kier alpha value is -2.04. The van der Waals surface area contributed by atoms with Gasteiger partial charge in [-0.3, -0.25) is 5.10 Å². The third-order valence-electron chi connectivity index (χ3n) is 1.68. The Bertz CT molecular complexity index is 438. The van der Waals surface area contributed by atoms with Crippen LogP contribution in [0, 0.1) is 6.92 Å². The normalized spacial score (nSPS) is 10.1. The van der Waals surface area contributed by atoms with Gasteiger partial charge in [-0.15, -0.1) is 5.10 Å². The maximum atomic E-state index is 5.65. The standard InChI is InChI=1S/C9H10N4O/c1-6-5-8(13-12-6)14-9-7(10)3-2-4-11-9/h2-5H,10H2,1H3,(H,12,13). The van der Waals surface area contributed by atoms with Crippen LogP contribution >= 0.6 is 0 Å². The number of aromatic nitrogens is 3. The van der Waals surface area contributed by atoms with Crippen molar-refractivity contribution in [3.63, 3.8) is 0 Å². The summed E-state index contributed by atoms with van der Waals surface area (Å²) in [6.45, 7) is 1.89. The second-order valence-electron chi connectivity index (χ2n) is 2.89. The van der Waals surface area contributed by atoms with Crippen LogP contribution < -0.4 is 10.5 Å². The average Bonchev–Trinajstić information content (AvgIpc) is 2.56. The smallest absolute Gasteiger partial charge is 0.244 e. The highest BCUT2D eigenvalue weighted by Crippen LogP contribution is 2.22. The van der Waals surface area contributed by atoms with Gasteiger partial charge in [-0.05, 0) is 19.1 Å². The minimum absolute atomic E-state index is 0.374. The monoisotopic (exact) mass is 190 g/mol. The largest absolute Gasteiger partial charge is 0.417 e. The molecular weight excluding hydrogens is 180 g/mol. The van der Waals surface area contributed by atoms with Crippen molar-refractivity contribution in [1.29, 1.82) is 0 Å². The molecule has 2 rings (SSSR count). The van der Waals surface area contributed by atoms with E-state index in [0.717, 1.165) is 5.69 Å². The van der Waals surface area contributed by atoms with Crippen LogP contribution in [0.15, 0.2) is 24.4 Å². The summed E-state index contributed by atoms with van der Waals surface area (Å²) in [5, 5.41) is 6.67. The van der Waals surface area contributed by atoms with Crippen LogP contribution in [-0.4, -0.2) is 15.2 Å². The van der Waals surface area contributed by atoms with Crippen LogP contribution in [0.5, 0.6) is 11.8 Å². The van der Waals surface area contributed by atoms with Gasteiger partial charge < -0.3 is 10.5 Å². The Morgan fingerprint density at radius 3 is 3.00 bits per heavy atom. The van der Waals surface area contributed by atoms with Crippen molar-refractivity contribution in [2.45, 2.75) is 6.92 Å². The molecule has 0 saturated carbocycles. The van der Waals surface area contributed by atoms with Gasteiger partial charge in [0.25, 0.3) is 0 Å². The molecule has 5 heteroatoms. The summed E-state index contributed by atoms with van der Waals surface area (Å²) in [5.41, 5.74) is 7.07. The predicted octanol–water partition coefficient (Wildman–Crippen LogP) is 1.49. The Labute approximate surface area is 80.9 Å². The lowest BCUT2D eigenvalue weighted by Gasteiger charge is -2.02. The van der Waals surface area contributed by atoms with E-state index in [1.54, 1.807) is 24.4 Å². The molecule has 2 aromatic heterocycles. The summed E-state index contributed by atoms with van der Waals surface area (Å²) >= 11 is 0. The van der Waals surface area contributed by atoms with E-state index in [-0.39, 0.29) is 0 Å². The van der Waals surface area contributed by atoms with Crippen molar-refractivity contribution in [3.8, 4) is 11.8 Å². The predicted molar refractivity (Wildman–Crippen MR) is 52.0 cm³/mol. The molecule has 2 aromatic rings. The van der Waals surface area contributed by atoms with Crippen molar-refractivity contribution < 1.29 is 4.74 Å². The van der Waals surface area contributed by atoms with E-state index in [0.29, 0.717) is 17.4 Å². The highest BCUT2D eigenvalue weighted by atomic mass is 16.5. The third kappa shape index (κ3) is 1.66. The number of hydrogen-bond donors (Lipinski definition) is 2. The zero-order valence-corrected chi connectivity index (χ0v) is 7.69. The minimum Gasteiger partial charge on any atom is -0.417 e. The number of aryl methyl sites for hydroxylation is 1. The van der Waals surface area contributed by atoms with Crippen molar-refractivity contribution >= 4 is 5.69 Å². The van der Waals surface area contributed by atoms with Crippen molar-refractivity contribution in [2.24, 2.45) is 0 Å². The molecule has 0 radical (unpaired) electrons. The molecule has 0 fully saturated rings. The number of H-pyrrole nitrogens is 1. The third-order valence-corrected chi connectivity index (χ3v) is 1.68. The van der Waals surface area contributed by atoms with Gasteiger partial charge in [0, 0.05) is 18.0 Å². The molecule has 0 bridgehead atoms. The van der Waals surface area contributed by atoms with Crippen LogP contribution in [0.4, 0.5) is 5.69 Å². The van der Waals surface area contributed by atoms with Crippen molar-refractivity contribution in [2.75, 3.05) is 5.73 Å². The highest BCUT2D eigenvalue weighted by Gasteiger charge is 2.04. The first kappa shape index (κ1) is 8.55. The number of aromatic amines is 1. The number of nitrogens with zero attached hydrogens (tertiary/aromatic N) is 2. The fraction of sp³-hybridized carbons (Fsp3) is 0.111. The molecule has 0 aromatic carbocycles. The molecular formula is C9H10N4O. The van der Waals surface area contributed by atoms with Gasteiger partial charge in [0.15, 0.2) is 0 Å². The highest BCUT2D eigenvalue weighted by molar-refractivity contribution is 5.48. The van der Waals surface area contributed by atoms with E-state index in [2.05, 4.69) is 15.2 Å². The molecule has 3 N–H and O–H groups in total. The number of pyridine rings is 1. The lowest BCUT2D eigenvalue weighted by Crippen LogP contribution is -1.94. The fourth-order valence-electron chi connectivity index (χ4n) is 1.03. The second kappa shape index (κ2) is 3.37. The molecule has 0 unspecified atom stereocenters. The SMILES string of the molecule is Cc1cc(Oc2ncccc2N)n[nH]1. The minimum atomic E-state index is 0.374. The number of nitrogens with two attached hydrogens (primary N) is 1. The van der Waals surface area contributed by atoms with Gasteiger partial charge >= 0.3 is 0 Å². The van der Waals surface area contributed by atoms with Crippen LogP contribution in [-0.2, 0) is 0 Å². The number of nitrogens with one attached hydrogen (secondary N) is 1. The number of anilines is 1. The first-order valence-corrected chi connectivity index (χ1v) is 4.16. The number of ether oxygens (including phenoxy) is 1. The lowest BCUT2D eigenvalue weighted by molar-refractivity contribution is 0.446. The quantitative estimate of drug-likeness (QED) is 0.752. The van der Waals surface area contributed by atoms with Gasteiger partial charge in [0.05, 0.1) is 5.69 Å². The molecule has 72 valence electrons. The summed E-state index contributed by atoms with van der Waals surface area (Å²) in [6.07, 6.45) is 1.62. The summed E-state index contributed by atoms with van der Waals surface area (Å²) in [7, 11) is 0. The second-order valence-corrected chi connectivity index (χ2v) is 2.89. The summed E-state index contributed by atoms with van der Waals surface area (Å²) < 4.78 is 5.35. The molecule has 0 aliphatic rings.